The molecule has 0 aliphatic heterocycles. The van der Waals surface area contributed by atoms with E-state index in [9.17, 15) is 8.42 Å². The molecule has 3 aliphatic carbocycles. The number of aryl methyl sites for hydroxylation is 1. The summed E-state index contributed by atoms with van der Waals surface area (Å²) in [7, 11) is -3.58. The van der Waals surface area contributed by atoms with E-state index in [0.717, 1.165) is 34.9 Å². The average molecular weight is 331 g/mol. The standard InChI is InChI=1S/C19H25NO2S/c1-11(2)19(18-16-13-6-7-14(10-13)17(16)18)20-23(21,22)15-8-4-12(3)5-9-15/h4-5,8-9,11,13-14,16-18H,6-7,10H2,1-3H3/b20-19+. The Balaban J connectivity index is 1.65. The van der Waals surface area contributed by atoms with Crippen LogP contribution in [0.15, 0.2) is 33.6 Å². The molecule has 0 radical (unpaired) electrons. The van der Waals surface area contributed by atoms with Crippen molar-refractivity contribution < 1.29 is 8.42 Å². The molecule has 0 amide bonds. The topological polar surface area (TPSA) is 46.5 Å². The lowest BCUT2D eigenvalue weighted by atomic mass is 9.94. The Morgan fingerprint density at radius 3 is 2.17 bits per heavy atom. The van der Waals surface area contributed by atoms with Crippen LogP contribution in [0.3, 0.4) is 0 Å². The van der Waals surface area contributed by atoms with E-state index in [4.69, 9.17) is 0 Å². The molecule has 4 atom stereocenters. The van der Waals surface area contributed by atoms with Crippen LogP contribution in [-0.2, 0) is 10.0 Å². The summed E-state index contributed by atoms with van der Waals surface area (Å²) in [5.41, 5.74) is 1.99. The predicted octanol–water partition coefficient (Wildman–Crippen LogP) is 4.07. The third-order valence-electron chi connectivity index (χ3n) is 6.21. The van der Waals surface area contributed by atoms with Crippen LogP contribution >= 0.6 is 0 Å². The first kappa shape index (κ1) is 15.4. The summed E-state index contributed by atoms with van der Waals surface area (Å²) >= 11 is 0. The first-order chi connectivity index (χ1) is 10.9. The number of benzene rings is 1. The van der Waals surface area contributed by atoms with Gasteiger partial charge in [0, 0.05) is 11.6 Å². The first-order valence-electron chi connectivity index (χ1n) is 8.80. The Kier molecular flexibility index (Phi) is 3.45. The maximum Gasteiger partial charge on any atom is 0.282 e. The molecule has 4 heteroatoms. The van der Waals surface area contributed by atoms with E-state index >= 15 is 0 Å². The van der Waals surface area contributed by atoms with Gasteiger partial charge in [0.1, 0.15) is 0 Å². The van der Waals surface area contributed by atoms with Gasteiger partial charge >= 0.3 is 0 Å². The number of nitrogens with zero attached hydrogens (tertiary/aromatic N) is 1. The van der Waals surface area contributed by atoms with Gasteiger partial charge in [-0.2, -0.15) is 12.8 Å². The van der Waals surface area contributed by atoms with E-state index in [1.54, 1.807) is 12.1 Å². The molecule has 3 saturated carbocycles. The van der Waals surface area contributed by atoms with Gasteiger partial charge in [-0.15, -0.1) is 0 Å². The van der Waals surface area contributed by atoms with Gasteiger partial charge in [-0.05, 0) is 67.9 Å². The quantitative estimate of drug-likeness (QED) is 0.781. The highest BCUT2D eigenvalue weighted by molar-refractivity contribution is 7.90. The molecule has 0 aromatic heterocycles. The van der Waals surface area contributed by atoms with Crippen molar-refractivity contribution in [2.24, 2.45) is 39.9 Å². The second kappa shape index (κ2) is 5.17. The van der Waals surface area contributed by atoms with Crippen LogP contribution < -0.4 is 0 Å². The second-order valence-corrected chi connectivity index (χ2v) is 9.58. The van der Waals surface area contributed by atoms with Gasteiger partial charge in [0.15, 0.2) is 0 Å². The van der Waals surface area contributed by atoms with Crippen molar-refractivity contribution in [1.29, 1.82) is 0 Å². The molecule has 0 heterocycles. The van der Waals surface area contributed by atoms with E-state index in [1.165, 1.54) is 19.3 Å². The number of rotatable bonds is 4. The summed E-state index contributed by atoms with van der Waals surface area (Å²) in [4.78, 5) is 0.315. The van der Waals surface area contributed by atoms with Gasteiger partial charge < -0.3 is 0 Å². The Hall–Kier alpha value is -1.16. The molecular weight excluding hydrogens is 306 g/mol. The van der Waals surface area contributed by atoms with Gasteiger partial charge in [0.2, 0.25) is 0 Å². The van der Waals surface area contributed by atoms with Crippen LogP contribution in [0.25, 0.3) is 0 Å². The molecule has 4 rings (SSSR count). The van der Waals surface area contributed by atoms with Crippen LogP contribution in [0, 0.1) is 42.4 Å². The fourth-order valence-corrected chi connectivity index (χ4v) is 6.37. The molecule has 3 aliphatic rings. The van der Waals surface area contributed by atoms with Crippen molar-refractivity contribution in [3.63, 3.8) is 0 Å². The minimum atomic E-state index is -3.58. The van der Waals surface area contributed by atoms with Crippen LogP contribution in [0.4, 0.5) is 0 Å². The molecule has 0 saturated heterocycles. The van der Waals surface area contributed by atoms with Crippen molar-refractivity contribution >= 4 is 15.7 Å². The summed E-state index contributed by atoms with van der Waals surface area (Å²) in [6, 6.07) is 7.01. The molecule has 0 N–H and O–H groups in total. The van der Waals surface area contributed by atoms with Gasteiger partial charge in [0.05, 0.1) is 4.90 Å². The van der Waals surface area contributed by atoms with Crippen molar-refractivity contribution in [3.05, 3.63) is 29.8 Å². The lowest BCUT2D eigenvalue weighted by Crippen LogP contribution is -2.18. The monoisotopic (exact) mass is 331 g/mol. The Morgan fingerprint density at radius 1 is 1.09 bits per heavy atom. The smallest absolute Gasteiger partial charge is 0.199 e. The SMILES string of the molecule is Cc1ccc(S(=O)(=O)/N=C(\C(C)C)C2C3C4CCC(C4)C23)cc1. The highest BCUT2D eigenvalue weighted by Gasteiger charge is 2.66. The summed E-state index contributed by atoms with van der Waals surface area (Å²) < 4.78 is 29.7. The molecule has 2 bridgehead atoms. The zero-order valence-electron chi connectivity index (χ0n) is 14.1. The predicted molar refractivity (Wildman–Crippen MR) is 91.9 cm³/mol. The van der Waals surface area contributed by atoms with E-state index < -0.39 is 10.0 Å². The highest BCUT2D eigenvalue weighted by atomic mass is 32.2. The van der Waals surface area contributed by atoms with Crippen molar-refractivity contribution in [3.8, 4) is 0 Å². The Morgan fingerprint density at radius 2 is 1.65 bits per heavy atom. The van der Waals surface area contributed by atoms with Gasteiger partial charge in [-0.1, -0.05) is 31.5 Å². The number of sulfonamides is 1. The summed E-state index contributed by atoms with van der Waals surface area (Å²) in [6.45, 7) is 6.12. The van der Waals surface area contributed by atoms with Crippen LogP contribution in [0.2, 0.25) is 0 Å². The van der Waals surface area contributed by atoms with Crippen molar-refractivity contribution in [2.45, 2.75) is 44.9 Å². The third kappa shape index (κ3) is 2.46. The van der Waals surface area contributed by atoms with Crippen LogP contribution in [-0.4, -0.2) is 14.1 Å². The zero-order valence-corrected chi connectivity index (χ0v) is 14.9. The maximum absolute atomic E-state index is 12.7. The Bertz CT molecular complexity index is 732. The molecule has 124 valence electrons. The van der Waals surface area contributed by atoms with Crippen molar-refractivity contribution in [1.82, 2.24) is 0 Å². The minimum absolute atomic E-state index is 0.199. The largest absolute Gasteiger partial charge is 0.282 e. The second-order valence-electron chi connectivity index (χ2n) is 7.97. The van der Waals surface area contributed by atoms with Crippen LogP contribution in [0.1, 0.15) is 38.7 Å². The van der Waals surface area contributed by atoms with Gasteiger partial charge in [-0.25, -0.2) is 0 Å². The zero-order chi connectivity index (χ0) is 16.4. The number of fused-ring (bicyclic) bond motifs is 5. The summed E-state index contributed by atoms with van der Waals surface area (Å²) in [6.07, 6.45) is 4.07. The summed E-state index contributed by atoms with van der Waals surface area (Å²) in [5, 5.41) is 0. The Labute approximate surface area is 139 Å². The van der Waals surface area contributed by atoms with E-state index in [2.05, 4.69) is 18.2 Å². The fourth-order valence-electron chi connectivity index (χ4n) is 5.17. The molecule has 23 heavy (non-hydrogen) atoms. The molecular formula is C19H25NO2S. The molecule has 3 fully saturated rings. The lowest BCUT2D eigenvalue weighted by molar-refractivity contribution is 0.456. The van der Waals surface area contributed by atoms with Crippen LogP contribution in [0.5, 0.6) is 0 Å². The lowest BCUT2D eigenvalue weighted by Gasteiger charge is -2.15. The molecule has 1 aromatic rings. The molecule has 0 spiro atoms. The molecule has 4 unspecified atom stereocenters. The number of hydrogen-bond donors (Lipinski definition) is 0. The maximum atomic E-state index is 12.7. The average Bonchev–Trinajstić information content (AvgIpc) is 2.90. The third-order valence-corrected chi connectivity index (χ3v) is 7.53. The fraction of sp³-hybridized carbons (Fsp3) is 0.632. The van der Waals surface area contributed by atoms with Crippen molar-refractivity contribution in [2.75, 3.05) is 0 Å². The normalized spacial score (nSPS) is 35.7. The number of hydrogen-bond acceptors (Lipinski definition) is 2. The first-order valence-corrected chi connectivity index (χ1v) is 10.2. The van der Waals surface area contributed by atoms with Gasteiger partial charge in [-0.3, -0.25) is 0 Å². The molecule has 1 aromatic carbocycles. The van der Waals surface area contributed by atoms with E-state index in [-0.39, 0.29) is 5.92 Å². The van der Waals surface area contributed by atoms with E-state index in [1.807, 2.05) is 19.1 Å². The minimum Gasteiger partial charge on any atom is -0.199 e. The van der Waals surface area contributed by atoms with E-state index in [0.29, 0.717) is 10.8 Å². The summed E-state index contributed by atoms with van der Waals surface area (Å²) in [5.74, 6) is 3.75. The molecule has 3 nitrogen and oxygen atoms in total. The highest BCUT2D eigenvalue weighted by Crippen LogP contribution is 2.70. The van der Waals surface area contributed by atoms with Gasteiger partial charge in [0.25, 0.3) is 10.0 Å².